The summed E-state index contributed by atoms with van der Waals surface area (Å²) in [6.07, 6.45) is -4.63. The maximum Gasteiger partial charge on any atom is 0.338 e. The average Bonchev–Trinajstić information content (AvgIpc) is 1.58. The van der Waals surface area contributed by atoms with Crippen LogP contribution in [0.4, 0.5) is 11.9 Å². The van der Waals surface area contributed by atoms with E-state index in [9.17, 15) is 33.6 Å². The van der Waals surface area contributed by atoms with E-state index in [1.165, 1.54) is 28.3 Å². The Kier molecular flexibility index (Phi) is 21.3. The Morgan fingerprint density at radius 2 is 0.816 bits per heavy atom. The minimum absolute atomic E-state index is 0. The fourth-order valence-corrected chi connectivity index (χ4v) is 11.3. The highest BCUT2D eigenvalue weighted by atomic mass is 32.1. The zero-order chi connectivity index (χ0) is 68.3. The summed E-state index contributed by atoms with van der Waals surface area (Å²) < 4.78 is 51.8. The Balaban J connectivity index is 0.000000225. The Labute approximate surface area is 568 Å². The number of fused-ring (bicyclic) bond motifs is 2. The molecule has 2 saturated heterocycles. The molecule has 6 N–H and O–H groups in total. The molecule has 4 aromatic heterocycles. The first-order valence-corrected chi connectivity index (χ1v) is 30.7. The molecule has 12 rings (SSSR count). The Morgan fingerprint density at radius 1 is 0.490 bits per heavy atom. The molecule has 0 unspecified atom stereocenters. The van der Waals surface area contributed by atoms with Gasteiger partial charge >= 0.3 is 35.8 Å². The number of hydrogen-bond acceptors (Lipinski definition) is 22. The molecule has 6 aromatic carbocycles. The van der Waals surface area contributed by atoms with Gasteiger partial charge in [-0.25, -0.2) is 52.7 Å². The van der Waals surface area contributed by atoms with Crippen molar-refractivity contribution in [2.75, 3.05) is 24.7 Å². The molecule has 0 spiro atoms. The molecule has 0 bridgehead atoms. The lowest BCUT2D eigenvalue weighted by Gasteiger charge is -2.34. The fourth-order valence-electron chi connectivity index (χ4n) is 11.0. The van der Waals surface area contributed by atoms with Crippen molar-refractivity contribution < 1.29 is 66.7 Å². The molecule has 2 aliphatic rings. The SMILES string of the molecule is C.C.Cc1ccc(C(=O)OC[C@H]2O[C@@H](c3ncc4c(=O)[nH]c(N)nn34)[C@](C)(OC(=O)c3ccc(C)cc3)[C@@H]2OC(=O)c2ccc(C)cc2)cc1.Cc1ccc(C(=O)OC[C@H]2O[C@@H](c3ncc4c(=S)nc(N)[nH]n34)[C@](C)(OC(=O)c3ccc(C)cc3)[C@@H]2OC(=O)c2ccc(C)cc2)cc1. The number of aryl methyl sites for hydroxylation is 6. The van der Waals surface area contributed by atoms with Gasteiger partial charge in [0.15, 0.2) is 57.4 Å². The number of nitrogens with two attached hydrogens (primary N) is 2. The molecule has 508 valence electrons. The Morgan fingerprint density at radius 3 is 1.19 bits per heavy atom. The second kappa shape index (κ2) is 29.4. The van der Waals surface area contributed by atoms with Crippen LogP contribution in [0.1, 0.15) is 148 Å². The second-order valence-electron chi connectivity index (χ2n) is 23.8. The number of anilines is 2. The van der Waals surface area contributed by atoms with Gasteiger partial charge in [0.2, 0.25) is 11.9 Å². The number of nitrogen functional groups attached to an aromatic ring is 2. The molecule has 6 heterocycles. The average molecular weight is 1350 g/mol. The van der Waals surface area contributed by atoms with E-state index in [2.05, 4.69) is 30.1 Å². The monoisotopic (exact) mass is 1350 g/mol. The number of hydrogen-bond donors (Lipinski definition) is 4. The number of aromatic nitrogens is 8. The topological polar surface area (TPSA) is 337 Å². The van der Waals surface area contributed by atoms with E-state index < -0.39 is 95.8 Å². The normalized spacial score (nSPS) is 20.0. The van der Waals surface area contributed by atoms with Crippen LogP contribution in [-0.2, 0) is 37.9 Å². The van der Waals surface area contributed by atoms with Crippen LogP contribution in [0, 0.1) is 46.2 Å². The van der Waals surface area contributed by atoms with E-state index in [0.717, 1.165) is 33.4 Å². The molecule has 98 heavy (non-hydrogen) atoms. The number of carbonyl (C=O) groups excluding carboxylic acids is 6. The van der Waals surface area contributed by atoms with Crippen molar-refractivity contribution in [3.63, 3.8) is 0 Å². The number of rotatable bonds is 16. The summed E-state index contributed by atoms with van der Waals surface area (Å²) in [5.74, 6) is -4.08. The van der Waals surface area contributed by atoms with E-state index >= 15 is 0 Å². The third-order valence-electron chi connectivity index (χ3n) is 16.4. The number of benzene rings is 6. The van der Waals surface area contributed by atoms with Crippen molar-refractivity contribution >= 4 is 71.0 Å². The summed E-state index contributed by atoms with van der Waals surface area (Å²) >= 11 is 5.40. The number of imidazole rings is 2. The molecule has 26 heteroatoms. The highest BCUT2D eigenvalue weighted by molar-refractivity contribution is 7.71. The number of ether oxygens (including phenoxy) is 8. The molecule has 0 amide bonds. The first kappa shape index (κ1) is 71.1. The highest BCUT2D eigenvalue weighted by Crippen LogP contribution is 2.48. The van der Waals surface area contributed by atoms with Crippen molar-refractivity contribution in [1.29, 1.82) is 0 Å². The number of carbonyl (C=O) groups is 6. The molecule has 25 nitrogen and oxygen atoms in total. The van der Waals surface area contributed by atoms with Crippen molar-refractivity contribution in [2.45, 2.75) is 118 Å². The van der Waals surface area contributed by atoms with Gasteiger partial charge in [0.25, 0.3) is 5.56 Å². The number of nitrogens with one attached hydrogen (secondary N) is 2. The molecule has 0 radical (unpaired) electrons. The van der Waals surface area contributed by atoms with Gasteiger partial charge in [-0.3, -0.25) is 14.9 Å². The predicted molar refractivity (Wildman–Crippen MR) is 363 cm³/mol. The van der Waals surface area contributed by atoms with Crippen LogP contribution in [-0.4, -0.2) is 124 Å². The fraction of sp³-hybridized carbons (Fsp3) is 0.278. The van der Waals surface area contributed by atoms with Crippen molar-refractivity contribution in [1.82, 2.24) is 39.2 Å². The third kappa shape index (κ3) is 15.1. The van der Waals surface area contributed by atoms with Gasteiger partial charge in [-0.15, -0.1) is 5.10 Å². The summed E-state index contributed by atoms with van der Waals surface area (Å²) in [7, 11) is 0. The second-order valence-corrected chi connectivity index (χ2v) is 24.2. The number of esters is 6. The zero-order valence-electron chi connectivity index (χ0n) is 53.3. The summed E-state index contributed by atoms with van der Waals surface area (Å²) in [5.41, 5.74) is 15.5. The van der Waals surface area contributed by atoms with Gasteiger partial charge < -0.3 is 49.4 Å². The number of aromatic amines is 2. The van der Waals surface area contributed by atoms with E-state index in [1.54, 1.807) is 153 Å². The standard InChI is InChI=1S/C35H33N5O8.C35H33N5O7S.2CH4/c1-19-5-11-22(12-6-19)31(42)45-18-26-27(47-32(43)23-13-7-20(2)8-14-23)35(4,48-33(44)24-15-9-21(3)10-16-24)28(46-26)29-37-17-25-30(41)38-34(36)39-40(25)29;1-19-5-11-22(12-6-19)31(41)44-18-26-27(46-32(42)23-13-7-20(2)8-14-23)35(4,47-33(43)24-15-9-21(3)10-16-24)28(45-26)29-37-17-25-30(48)38-34(36)39-40(25)29;;/h5-17,26-28H,18H2,1-4H3,(H3,36,38,39,41);5-17,26-28H,18H2,1-4H3,(H3,36,38,39,48);2*1H4/t2*26-,27-,28+,35-;;/m11../s1. The molecule has 0 aliphatic carbocycles. The van der Waals surface area contributed by atoms with Crippen molar-refractivity contribution in [2.24, 2.45) is 0 Å². The van der Waals surface area contributed by atoms with Crippen LogP contribution in [0.5, 0.6) is 0 Å². The smallest absolute Gasteiger partial charge is 0.338 e. The summed E-state index contributed by atoms with van der Waals surface area (Å²) in [6, 6.07) is 40.8. The van der Waals surface area contributed by atoms with E-state index in [1.807, 2.05) is 41.5 Å². The van der Waals surface area contributed by atoms with Crippen LogP contribution in [0.3, 0.4) is 0 Å². The van der Waals surface area contributed by atoms with Crippen molar-refractivity contribution in [3.05, 3.63) is 251 Å². The third-order valence-corrected chi connectivity index (χ3v) is 16.7. The van der Waals surface area contributed by atoms with E-state index in [4.69, 9.17) is 61.6 Å². The van der Waals surface area contributed by atoms with Gasteiger partial charge in [0.1, 0.15) is 30.9 Å². The summed E-state index contributed by atoms with van der Waals surface area (Å²) in [4.78, 5) is 109. The van der Waals surface area contributed by atoms with Crippen molar-refractivity contribution in [3.8, 4) is 0 Å². The van der Waals surface area contributed by atoms with Crippen LogP contribution in [0.15, 0.2) is 163 Å². The Bertz CT molecular complexity index is 4410. The van der Waals surface area contributed by atoms with Gasteiger partial charge in [-0.1, -0.05) is 133 Å². The first-order chi connectivity index (χ1) is 45.8. The van der Waals surface area contributed by atoms with E-state index in [0.29, 0.717) is 16.6 Å². The molecular weight excluding hydrogens is 1280 g/mol. The van der Waals surface area contributed by atoms with Gasteiger partial charge in [-0.05, 0) is 128 Å². The maximum atomic E-state index is 13.7. The van der Waals surface area contributed by atoms with E-state index in [-0.39, 0.29) is 77.4 Å². The minimum atomic E-state index is -1.80. The van der Waals surface area contributed by atoms with Gasteiger partial charge in [-0.2, -0.15) is 0 Å². The number of nitrogens with zero attached hydrogens (tertiary/aromatic N) is 6. The van der Waals surface area contributed by atoms with Crippen LogP contribution in [0.2, 0.25) is 0 Å². The lowest BCUT2D eigenvalue weighted by atomic mass is 9.91. The Hall–Kier alpha value is -11.2. The minimum Gasteiger partial charge on any atom is -0.459 e. The molecule has 2 fully saturated rings. The molecule has 0 saturated carbocycles. The highest BCUT2D eigenvalue weighted by Gasteiger charge is 2.63. The van der Waals surface area contributed by atoms with Gasteiger partial charge in [0.05, 0.1) is 45.8 Å². The molecule has 8 atom stereocenters. The lowest BCUT2D eigenvalue weighted by molar-refractivity contribution is -0.0908. The lowest BCUT2D eigenvalue weighted by Crippen LogP contribution is -2.50. The van der Waals surface area contributed by atoms with Crippen LogP contribution >= 0.6 is 12.2 Å². The molecular formula is C72H74N10O15S. The van der Waals surface area contributed by atoms with Crippen LogP contribution in [0.25, 0.3) is 11.0 Å². The molecule has 10 aromatic rings. The zero-order valence-corrected chi connectivity index (χ0v) is 54.1. The summed E-state index contributed by atoms with van der Waals surface area (Å²) in [6.45, 7) is 13.7. The molecule has 2 aliphatic heterocycles. The maximum absolute atomic E-state index is 13.7. The largest absolute Gasteiger partial charge is 0.459 e. The van der Waals surface area contributed by atoms with Gasteiger partial charge in [0, 0.05) is 0 Å². The first-order valence-electron chi connectivity index (χ1n) is 30.3. The summed E-state index contributed by atoms with van der Waals surface area (Å²) in [5, 5.41) is 7.11. The predicted octanol–water partition coefficient (Wildman–Crippen LogP) is 10.8. The van der Waals surface area contributed by atoms with Crippen LogP contribution < -0.4 is 17.0 Å². The quantitative estimate of drug-likeness (QED) is 0.0397. The number of H-pyrrole nitrogens is 2.